The van der Waals surface area contributed by atoms with Crippen molar-refractivity contribution < 1.29 is 0 Å². The van der Waals surface area contributed by atoms with Gasteiger partial charge in [0.15, 0.2) is 0 Å². The number of nitrogens with two attached hydrogens (primary N) is 1. The van der Waals surface area contributed by atoms with Crippen molar-refractivity contribution in [2.24, 2.45) is 11.8 Å². The van der Waals surface area contributed by atoms with Crippen molar-refractivity contribution in [3.05, 3.63) is 0 Å². The van der Waals surface area contributed by atoms with E-state index < -0.39 is 0 Å². The van der Waals surface area contributed by atoms with Gasteiger partial charge in [0, 0.05) is 6.04 Å². The lowest BCUT2D eigenvalue weighted by molar-refractivity contribution is 0.310. The monoisotopic (exact) mass is 128 g/mol. The number of hydrogen-bond donors (Lipinski definition) is 2. The topological polar surface area (TPSA) is 38.0 Å². The summed E-state index contributed by atoms with van der Waals surface area (Å²) in [4.78, 5) is 0. The van der Waals surface area contributed by atoms with Gasteiger partial charge in [-0.1, -0.05) is 6.92 Å². The highest BCUT2D eigenvalue weighted by Crippen LogP contribution is 2.22. The van der Waals surface area contributed by atoms with Gasteiger partial charge >= 0.3 is 0 Å². The first-order valence-corrected chi connectivity index (χ1v) is 3.79. The van der Waals surface area contributed by atoms with E-state index in [9.17, 15) is 0 Å². The normalized spacial score (nSPS) is 36.7. The van der Waals surface area contributed by atoms with Gasteiger partial charge in [-0.2, -0.15) is 0 Å². The van der Waals surface area contributed by atoms with Crippen LogP contribution in [0.2, 0.25) is 0 Å². The van der Waals surface area contributed by atoms with E-state index in [4.69, 9.17) is 5.84 Å². The lowest BCUT2D eigenvalue weighted by atomic mass is 9.88. The van der Waals surface area contributed by atoms with Gasteiger partial charge in [0.05, 0.1) is 0 Å². The lowest BCUT2D eigenvalue weighted by Crippen LogP contribution is -2.37. The van der Waals surface area contributed by atoms with Crippen LogP contribution in [0.5, 0.6) is 0 Å². The largest absolute Gasteiger partial charge is 0.271 e. The molecule has 9 heavy (non-hydrogen) atoms. The maximum Gasteiger partial charge on any atom is 0.0210 e. The van der Waals surface area contributed by atoms with Gasteiger partial charge in [-0.05, 0) is 31.6 Å². The third-order valence-electron chi connectivity index (χ3n) is 2.25. The summed E-state index contributed by atoms with van der Waals surface area (Å²) in [6.07, 6.45) is 5.21. The summed E-state index contributed by atoms with van der Waals surface area (Å²) >= 11 is 0. The molecule has 1 aliphatic carbocycles. The molecule has 0 atom stereocenters. The maximum atomic E-state index is 5.30. The summed E-state index contributed by atoms with van der Waals surface area (Å²) in [6, 6.07) is 0.598. The summed E-state index contributed by atoms with van der Waals surface area (Å²) in [5.74, 6) is 6.22. The van der Waals surface area contributed by atoms with Crippen LogP contribution in [0.1, 0.15) is 32.6 Å². The molecule has 1 aliphatic rings. The van der Waals surface area contributed by atoms with Crippen molar-refractivity contribution in [2.45, 2.75) is 38.6 Å². The van der Waals surface area contributed by atoms with Crippen LogP contribution in [0, 0.1) is 5.92 Å². The van der Waals surface area contributed by atoms with Crippen molar-refractivity contribution >= 4 is 0 Å². The Morgan fingerprint density at radius 3 is 2.22 bits per heavy atom. The number of hydrogen-bond acceptors (Lipinski definition) is 2. The third-order valence-corrected chi connectivity index (χ3v) is 2.25. The van der Waals surface area contributed by atoms with Crippen molar-refractivity contribution in [2.75, 3.05) is 0 Å². The molecule has 3 N–H and O–H groups in total. The second-order valence-corrected chi connectivity index (χ2v) is 3.12. The first-order chi connectivity index (χ1) is 4.33. The predicted molar refractivity (Wildman–Crippen MR) is 38.7 cm³/mol. The second-order valence-electron chi connectivity index (χ2n) is 3.12. The molecule has 0 aromatic carbocycles. The Hall–Kier alpha value is -0.0800. The molecular weight excluding hydrogens is 112 g/mol. The fourth-order valence-electron chi connectivity index (χ4n) is 1.43. The Morgan fingerprint density at radius 1 is 1.22 bits per heavy atom. The SMILES string of the molecule is C[C@H]1CC[C@H](NN)CC1. The van der Waals surface area contributed by atoms with Crippen LogP contribution < -0.4 is 11.3 Å². The maximum absolute atomic E-state index is 5.30. The molecule has 0 radical (unpaired) electrons. The van der Waals surface area contributed by atoms with Crippen molar-refractivity contribution in [1.82, 2.24) is 5.43 Å². The minimum absolute atomic E-state index is 0.598. The minimum Gasteiger partial charge on any atom is -0.271 e. The fraction of sp³-hybridized carbons (Fsp3) is 1.00. The minimum atomic E-state index is 0.598. The highest BCUT2D eigenvalue weighted by Gasteiger charge is 2.15. The molecular formula is C7H16N2. The average molecular weight is 128 g/mol. The number of hydrazine groups is 1. The van der Waals surface area contributed by atoms with E-state index in [1.807, 2.05) is 0 Å². The highest BCUT2D eigenvalue weighted by molar-refractivity contribution is 4.72. The van der Waals surface area contributed by atoms with E-state index in [1.165, 1.54) is 25.7 Å². The summed E-state index contributed by atoms with van der Waals surface area (Å²) in [5, 5.41) is 0. The van der Waals surface area contributed by atoms with Crippen molar-refractivity contribution in [3.63, 3.8) is 0 Å². The molecule has 0 bridgehead atoms. The third kappa shape index (κ3) is 1.95. The summed E-state index contributed by atoms with van der Waals surface area (Å²) in [7, 11) is 0. The van der Waals surface area contributed by atoms with E-state index in [1.54, 1.807) is 0 Å². The van der Waals surface area contributed by atoms with E-state index >= 15 is 0 Å². The van der Waals surface area contributed by atoms with Gasteiger partial charge in [0.2, 0.25) is 0 Å². The zero-order valence-corrected chi connectivity index (χ0v) is 6.06. The first-order valence-electron chi connectivity index (χ1n) is 3.79. The standard InChI is InChI=1S/C7H16N2/c1-6-2-4-7(9-8)5-3-6/h6-7,9H,2-5,8H2,1H3/t6-,7-. The van der Waals surface area contributed by atoms with Crippen LogP contribution in [0.25, 0.3) is 0 Å². The van der Waals surface area contributed by atoms with E-state index in [0.717, 1.165) is 5.92 Å². The Bertz CT molecular complexity index is 75.0. The molecule has 1 fully saturated rings. The van der Waals surface area contributed by atoms with Gasteiger partial charge in [0.25, 0.3) is 0 Å². The Kier molecular flexibility index (Phi) is 2.49. The quantitative estimate of drug-likeness (QED) is 0.409. The number of rotatable bonds is 1. The predicted octanol–water partition coefficient (Wildman–Crippen LogP) is 1.03. The molecule has 0 aromatic rings. The molecule has 0 spiro atoms. The molecule has 54 valence electrons. The first kappa shape index (κ1) is 7.03. The lowest BCUT2D eigenvalue weighted by Gasteiger charge is -2.24. The van der Waals surface area contributed by atoms with Crippen LogP contribution >= 0.6 is 0 Å². The summed E-state index contributed by atoms with van der Waals surface area (Å²) in [6.45, 7) is 2.31. The summed E-state index contributed by atoms with van der Waals surface area (Å²) < 4.78 is 0. The fourth-order valence-corrected chi connectivity index (χ4v) is 1.43. The van der Waals surface area contributed by atoms with Gasteiger partial charge in [-0.15, -0.1) is 0 Å². The molecule has 0 heterocycles. The smallest absolute Gasteiger partial charge is 0.0210 e. The molecule has 1 saturated carbocycles. The molecule has 0 aromatic heterocycles. The summed E-state index contributed by atoms with van der Waals surface area (Å²) in [5.41, 5.74) is 2.82. The van der Waals surface area contributed by atoms with Crippen molar-refractivity contribution in [1.29, 1.82) is 0 Å². The molecule has 2 nitrogen and oxygen atoms in total. The van der Waals surface area contributed by atoms with Gasteiger partial charge in [-0.3, -0.25) is 11.3 Å². The van der Waals surface area contributed by atoms with Crippen LogP contribution in [-0.2, 0) is 0 Å². The van der Waals surface area contributed by atoms with E-state index in [-0.39, 0.29) is 0 Å². The zero-order chi connectivity index (χ0) is 6.69. The molecule has 0 amide bonds. The van der Waals surface area contributed by atoms with E-state index in [0.29, 0.717) is 6.04 Å². The molecule has 1 rings (SSSR count). The number of nitrogens with one attached hydrogen (secondary N) is 1. The molecule has 0 unspecified atom stereocenters. The van der Waals surface area contributed by atoms with Gasteiger partial charge in [0.1, 0.15) is 0 Å². The van der Waals surface area contributed by atoms with Crippen LogP contribution in [-0.4, -0.2) is 6.04 Å². The van der Waals surface area contributed by atoms with Crippen LogP contribution in [0.3, 0.4) is 0 Å². The second kappa shape index (κ2) is 3.18. The average Bonchev–Trinajstić information content (AvgIpc) is 1.90. The molecule has 0 saturated heterocycles. The van der Waals surface area contributed by atoms with Crippen LogP contribution in [0.4, 0.5) is 0 Å². The van der Waals surface area contributed by atoms with Crippen LogP contribution in [0.15, 0.2) is 0 Å². The van der Waals surface area contributed by atoms with Crippen molar-refractivity contribution in [3.8, 4) is 0 Å². The van der Waals surface area contributed by atoms with E-state index in [2.05, 4.69) is 12.3 Å². The Morgan fingerprint density at radius 2 is 1.78 bits per heavy atom. The Labute approximate surface area is 56.8 Å². The van der Waals surface area contributed by atoms with Gasteiger partial charge in [-0.25, -0.2) is 0 Å². The van der Waals surface area contributed by atoms with Gasteiger partial charge < -0.3 is 0 Å². The molecule has 2 heteroatoms. The highest BCUT2D eigenvalue weighted by atomic mass is 15.2. The molecule has 0 aliphatic heterocycles. The zero-order valence-electron chi connectivity index (χ0n) is 6.06. The Balaban J connectivity index is 2.18.